The molecule has 0 bridgehead atoms. The molecule has 0 spiro atoms. The maximum Gasteiger partial charge on any atom is 0.341 e. The Morgan fingerprint density at radius 2 is 1.83 bits per heavy atom. The predicted molar refractivity (Wildman–Crippen MR) is 53.3 cm³/mol. The number of hydrogen-bond donors (Lipinski definition) is 1. The van der Waals surface area contributed by atoms with Gasteiger partial charge in [-0.25, -0.2) is 4.79 Å². The van der Waals surface area contributed by atoms with Gasteiger partial charge in [-0.05, 0) is 5.92 Å². The fourth-order valence-corrected chi connectivity index (χ4v) is 1.68. The zero-order valence-electron chi connectivity index (χ0n) is 8.00. The van der Waals surface area contributed by atoms with Crippen LogP contribution in [0.2, 0.25) is 0 Å². The van der Waals surface area contributed by atoms with Gasteiger partial charge in [0.05, 0.1) is 4.91 Å². The van der Waals surface area contributed by atoms with E-state index in [-0.39, 0.29) is 0 Å². The third kappa shape index (κ3) is 5.24. The Bertz CT molecular complexity index is 183. The normalized spacial score (nSPS) is 12.7. The summed E-state index contributed by atoms with van der Waals surface area (Å²) in [7, 11) is 0. The predicted octanol–water partition coefficient (Wildman–Crippen LogP) is 2.75. The molecule has 0 rings (SSSR count). The fourth-order valence-electron chi connectivity index (χ4n) is 0.718. The monoisotopic (exact) mass is 188 g/mol. The van der Waals surface area contributed by atoms with Gasteiger partial charge in [0.25, 0.3) is 0 Å². The van der Waals surface area contributed by atoms with Crippen LogP contribution in [0, 0.1) is 5.92 Å². The van der Waals surface area contributed by atoms with Crippen LogP contribution in [0.3, 0.4) is 0 Å². The van der Waals surface area contributed by atoms with Gasteiger partial charge in [0, 0.05) is 5.25 Å². The lowest BCUT2D eigenvalue weighted by Gasteiger charge is -2.06. The highest BCUT2D eigenvalue weighted by atomic mass is 32.2. The van der Waals surface area contributed by atoms with Crippen molar-refractivity contribution < 1.29 is 9.90 Å². The largest absolute Gasteiger partial charge is 0.477 e. The molecule has 0 fully saturated rings. The van der Waals surface area contributed by atoms with Crippen LogP contribution >= 0.6 is 11.8 Å². The highest BCUT2D eigenvalue weighted by molar-refractivity contribution is 8.04. The lowest BCUT2D eigenvalue weighted by Crippen LogP contribution is -2.02. The molecule has 0 heterocycles. The standard InChI is InChI=1S/C9H16O2S/c1-6(2)5-8(9(10)11)12-7(3)4/h5-7H,1-4H3,(H,10,11)/b8-5-. The minimum atomic E-state index is -0.817. The number of carboxylic acids is 1. The van der Waals surface area contributed by atoms with Crippen molar-refractivity contribution in [2.24, 2.45) is 5.92 Å². The Balaban J connectivity index is 4.34. The Hall–Kier alpha value is -0.440. The SMILES string of the molecule is CC(C)/C=C(\SC(C)C)C(=O)O. The third-order valence-corrected chi connectivity index (χ3v) is 2.09. The van der Waals surface area contributed by atoms with E-state index in [0.717, 1.165) is 0 Å². The maximum absolute atomic E-state index is 10.7. The first-order valence-corrected chi connectivity index (χ1v) is 4.93. The van der Waals surface area contributed by atoms with Gasteiger partial charge in [-0.15, -0.1) is 11.8 Å². The summed E-state index contributed by atoms with van der Waals surface area (Å²) >= 11 is 1.40. The average molecular weight is 188 g/mol. The summed E-state index contributed by atoms with van der Waals surface area (Å²) in [5.74, 6) is -0.523. The Morgan fingerprint density at radius 3 is 2.08 bits per heavy atom. The molecular formula is C9H16O2S. The van der Waals surface area contributed by atoms with Crippen LogP contribution in [0.5, 0.6) is 0 Å². The van der Waals surface area contributed by atoms with Crippen molar-refractivity contribution in [1.29, 1.82) is 0 Å². The Kier molecular flexibility index (Phi) is 5.06. The van der Waals surface area contributed by atoms with Gasteiger partial charge in [-0.3, -0.25) is 0 Å². The summed E-state index contributed by atoms with van der Waals surface area (Å²) in [5, 5.41) is 9.11. The van der Waals surface area contributed by atoms with Crippen LogP contribution in [0.4, 0.5) is 0 Å². The molecule has 0 amide bonds. The first-order chi connectivity index (χ1) is 5.43. The van der Waals surface area contributed by atoms with E-state index in [9.17, 15) is 4.79 Å². The van der Waals surface area contributed by atoms with Crippen molar-refractivity contribution in [3.8, 4) is 0 Å². The smallest absolute Gasteiger partial charge is 0.341 e. The van der Waals surface area contributed by atoms with Gasteiger partial charge in [-0.1, -0.05) is 33.8 Å². The van der Waals surface area contributed by atoms with E-state index >= 15 is 0 Å². The van der Waals surface area contributed by atoms with E-state index in [2.05, 4.69) is 0 Å². The topological polar surface area (TPSA) is 37.3 Å². The molecule has 0 aromatic carbocycles. The summed E-state index contributed by atoms with van der Waals surface area (Å²) < 4.78 is 0. The molecule has 0 aliphatic rings. The van der Waals surface area contributed by atoms with Gasteiger partial charge >= 0.3 is 5.97 Å². The lowest BCUT2D eigenvalue weighted by molar-refractivity contribution is -0.131. The second-order valence-corrected chi connectivity index (χ2v) is 4.87. The van der Waals surface area contributed by atoms with E-state index in [1.54, 1.807) is 6.08 Å². The lowest BCUT2D eigenvalue weighted by atomic mass is 10.2. The molecule has 0 atom stereocenters. The van der Waals surface area contributed by atoms with Crippen molar-refractivity contribution >= 4 is 17.7 Å². The fraction of sp³-hybridized carbons (Fsp3) is 0.667. The number of carbonyl (C=O) groups is 1. The van der Waals surface area contributed by atoms with Crippen LogP contribution in [0.1, 0.15) is 27.7 Å². The molecule has 0 radical (unpaired) electrons. The number of rotatable bonds is 4. The van der Waals surface area contributed by atoms with E-state index in [4.69, 9.17) is 5.11 Å². The Morgan fingerprint density at radius 1 is 1.33 bits per heavy atom. The first kappa shape index (κ1) is 11.6. The number of hydrogen-bond acceptors (Lipinski definition) is 2. The number of carboxylic acid groups (broad SMARTS) is 1. The van der Waals surface area contributed by atoms with Crippen LogP contribution in [-0.4, -0.2) is 16.3 Å². The summed E-state index contributed by atoms with van der Waals surface area (Å²) in [5.41, 5.74) is 0. The highest BCUT2D eigenvalue weighted by Crippen LogP contribution is 2.22. The van der Waals surface area contributed by atoms with Crippen LogP contribution < -0.4 is 0 Å². The summed E-state index contributed by atoms with van der Waals surface area (Å²) in [6.45, 7) is 7.93. The number of thioether (sulfide) groups is 1. The molecule has 1 N–H and O–H groups in total. The molecule has 12 heavy (non-hydrogen) atoms. The van der Waals surface area contributed by atoms with Crippen molar-refractivity contribution in [3.63, 3.8) is 0 Å². The molecule has 3 heteroatoms. The van der Waals surface area contributed by atoms with Gasteiger partial charge in [0.1, 0.15) is 0 Å². The zero-order chi connectivity index (χ0) is 9.72. The summed E-state index contributed by atoms with van der Waals surface area (Å²) in [6, 6.07) is 0. The molecule has 0 saturated carbocycles. The zero-order valence-corrected chi connectivity index (χ0v) is 8.81. The molecule has 70 valence electrons. The van der Waals surface area contributed by atoms with Crippen LogP contribution in [0.25, 0.3) is 0 Å². The molecule has 0 aromatic rings. The molecule has 0 aliphatic heterocycles. The van der Waals surface area contributed by atoms with Crippen molar-refractivity contribution in [2.75, 3.05) is 0 Å². The molecule has 0 aliphatic carbocycles. The van der Waals surface area contributed by atoms with Crippen molar-refractivity contribution in [3.05, 3.63) is 11.0 Å². The highest BCUT2D eigenvalue weighted by Gasteiger charge is 2.10. The quantitative estimate of drug-likeness (QED) is 0.689. The molecule has 0 aromatic heterocycles. The molecule has 2 nitrogen and oxygen atoms in total. The van der Waals surface area contributed by atoms with Gasteiger partial charge in [-0.2, -0.15) is 0 Å². The van der Waals surface area contributed by atoms with Gasteiger partial charge < -0.3 is 5.11 Å². The molecule has 0 unspecified atom stereocenters. The first-order valence-electron chi connectivity index (χ1n) is 4.05. The van der Waals surface area contributed by atoms with Crippen molar-refractivity contribution in [2.45, 2.75) is 32.9 Å². The summed E-state index contributed by atoms with van der Waals surface area (Å²) in [4.78, 5) is 11.1. The molecule has 0 saturated heterocycles. The molecular weight excluding hydrogens is 172 g/mol. The van der Waals surface area contributed by atoms with Crippen molar-refractivity contribution in [1.82, 2.24) is 0 Å². The van der Waals surface area contributed by atoms with Gasteiger partial charge in [0.15, 0.2) is 0 Å². The number of aliphatic carboxylic acids is 1. The minimum absolute atomic E-state index is 0.294. The summed E-state index contributed by atoms with van der Waals surface area (Å²) in [6.07, 6.45) is 1.78. The van der Waals surface area contributed by atoms with E-state index in [0.29, 0.717) is 16.1 Å². The maximum atomic E-state index is 10.7. The van der Waals surface area contributed by atoms with Crippen LogP contribution in [0.15, 0.2) is 11.0 Å². The average Bonchev–Trinajstić information content (AvgIpc) is 1.83. The third-order valence-electron chi connectivity index (χ3n) is 1.06. The number of allylic oxidation sites excluding steroid dienone is 1. The minimum Gasteiger partial charge on any atom is -0.477 e. The second kappa shape index (κ2) is 5.25. The van der Waals surface area contributed by atoms with E-state index < -0.39 is 5.97 Å². The Labute approximate surface area is 78.0 Å². The second-order valence-electron chi connectivity index (χ2n) is 3.25. The van der Waals surface area contributed by atoms with Crippen LogP contribution in [-0.2, 0) is 4.79 Å². The van der Waals surface area contributed by atoms with E-state index in [1.807, 2.05) is 27.7 Å². The van der Waals surface area contributed by atoms with E-state index in [1.165, 1.54) is 11.8 Å². The van der Waals surface area contributed by atoms with Gasteiger partial charge in [0.2, 0.25) is 0 Å².